The van der Waals surface area contributed by atoms with E-state index >= 15 is 0 Å². The Morgan fingerprint density at radius 2 is 1.02 bits per heavy atom. The van der Waals surface area contributed by atoms with E-state index in [1.807, 2.05) is 47.6 Å². The second kappa shape index (κ2) is 47.4. The van der Waals surface area contributed by atoms with E-state index in [-0.39, 0.29) is 50.4 Å². The second-order valence-electron chi connectivity index (χ2n) is 20.0. The van der Waals surface area contributed by atoms with Gasteiger partial charge in [-0.25, -0.2) is 21.9 Å². The van der Waals surface area contributed by atoms with Gasteiger partial charge in [-0.3, -0.25) is 0 Å². The van der Waals surface area contributed by atoms with E-state index in [1.165, 1.54) is 33.1 Å². The predicted octanol–water partition coefficient (Wildman–Crippen LogP) is 17.0. The first kappa shape index (κ1) is 85.3. The van der Waals surface area contributed by atoms with E-state index in [1.54, 1.807) is 13.0 Å². The third-order valence-corrected chi connectivity index (χ3v) is 10.6. The summed E-state index contributed by atoms with van der Waals surface area (Å²) in [4.78, 5) is 0. The zero-order chi connectivity index (χ0) is 47.7. The molecule has 10 heteroatoms. The molecule has 0 heterocycles. The molecular formula is C52H113BF2NO4SW. The Kier molecular flexibility index (Phi) is 65.2. The third-order valence-electron chi connectivity index (χ3n) is 8.10. The minimum absolute atomic E-state index is 0. The summed E-state index contributed by atoms with van der Waals surface area (Å²) in [5.74, 6) is -0.389. The largest absolute Gasteiger partial charge is 2.00 e. The molecule has 2 atom stereocenters. The minimum Gasteiger partial charge on any atom is -0.373 e. The molecule has 0 spiro atoms. The Bertz CT molecular complexity index is 1010. The number of allylic oxidation sites excluding steroid dienone is 3. The summed E-state index contributed by atoms with van der Waals surface area (Å²) in [6.07, 6.45) is 14.3. The van der Waals surface area contributed by atoms with Crippen LogP contribution in [-0.2, 0) is 40.6 Å². The molecule has 1 N–H and O–H groups in total. The van der Waals surface area contributed by atoms with Crippen LogP contribution in [0.5, 0.6) is 0 Å². The molecule has 0 aliphatic heterocycles. The minimum atomic E-state index is -3.04. The van der Waals surface area contributed by atoms with Crippen molar-refractivity contribution in [2.45, 2.75) is 266 Å². The van der Waals surface area contributed by atoms with Gasteiger partial charge in [0, 0.05) is 20.4 Å². The summed E-state index contributed by atoms with van der Waals surface area (Å²) in [7, 11) is -3.04. The monoisotopic (exact) mass is 1080 g/mol. The van der Waals surface area contributed by atoms with E-state index in [0.29, 0.717) is 41.7 Å². The predicted molar refractivity (Wildman–Crippen MR) is 277 cm³/mol. The number of halogens is 2. The molecule has 0 saturated heterocycles. The van der Waals surface area contributed by atoms with Gasteiger partial charge in [-0.15, -0.1) is 6.58 Å². The molecule has 2 saturated carbocycles. The van der Waals surface area contributed by atoms with Gasteiger partial charge in [0.05, 0.1) is 29.2 Å². The summed E-state index contributed by atoms with van der Waals surface area (Å²) >= 11 is 0. The summed E-state index contributed by atoms with van der Waals surface area (Å²) in [5, 5.41) is 0. The van der Waals surface area contributed by atoms with Gasteiger partial charge in [0.25, 0.3) is 5.92 Å². The molecule has 62 heavy (non-hydrogen) atoms. The molecule has 3 radical (unpaired) electrons. The molecule has 0 unspecified atom stereocenters. The first-order chi connectivity index (χ1) is 26.1. The second-order valence-corrected chi connectivity index (χ2v) is 22.3. The van der Waals surface area contributed by atoms with Gasteiger partial charge in [0.15, 0.2) is 0 Å². The van der Waals surface area contributed by atoms with Crippen LogP contribution in [0.4, 0.5) is 8.78 Å². The van der Waals surface area contributed by atoms with Crippen LogP contribution in [0.15, 0.2) is 24.8 Å². The number of nitrogens with one attached hydrogen (secondary N) is 1. The Labute approximate surface area is 409 Å². The van der Waals surface area contributed by atoms with Crippen molar-refractivity contribution in [2.24, 2.45) is 35.0 Å². The molecule has 2 rings (SSSR count). The average Bonchev–Trinajstić information content (AvgIpc) is 3.70. The van der Waals surface area contributed by atoms with Crippen LogP contribution in [0.2, 0.25) is 0 Å². The molecule has 2 fully saturated rings. The van der Waals surface area contributed by atoms with Gasteiger partial charge in [0.1, 0.15) is 0 Å². The van der Waals surface area contributed by atoms with E-state index in [0.717, 1.165) is 50.0 Å². The number of alkyl halides is 2. The van der Waals surface area contributed by atoms with Crippen molar-refractivity contribution in [1.82, 2.24) is 4.72 Å². The van der Waals surface area contributed by atoms with Crippen LogP contribution >= 0.6 is 0 Å². The zero-order valence-corrected chi connectivity index (χ0v) is 50.4. The van der Waals surface area contributed by atoms with Crippen LogP contribution in [-0.4, -0.2) is 58.0 Å². The van der Waals surface area contributed by atoms with E-state index in [4.69, 9.17) is 9.47 Å². The van der Waals surface area contributed by atoms with Gasteiger partial charge < -0.3 is 24.3 Å². The van der Waals surface area contributed by atoms with Gasteiger partial charge in [-0.05, 0) is 122 Å². The molecule has 2 aliphatic rings. The summed E-state index contributed by atoms with van der Waals surface area (Å²) < 4.78 is 62.4. The van der Waals surface area contributed by atoms with Crippen molar-refractivity contribution in [3.05, 3.63) is 39.7 Å². The zero-order valence-electron chi connectivity index (χ0n) is 46.7. The fourth-order valence-electron chi connectivity index (χ4n) is 3.49. The van der Waals surface area contributed by atoms with Gasteiger partial charge in [-0.2, -0.15) is 0 Å². The maximum absolute atomic E-state index is 12.9. The number of rotatable bonds is 14. The molecule has 0 aromatic carbocycles. The molecule has 379 valence electrons. The Balaban J connectivity index is -0.0000000649. The van der Waals surface area contributed by atoms with Crippen molar-refractivity contribution in [1.29, 1.82) is 0 Å². The molecule has 0 bridgehead atoms. The van der Waals surface area contributed by atoms with E-state index in [9.17, 15) is 17.2 Å². The Morgan fingerprint density at radius 1 is 0.726 bits per heavy atom. The molecular weight excluding hydrogens is 967 g/mol. The number of hydrogen-bond donors (Lipinski definition) is 1. The smallest absolute Gasteiger partial charge is 0.373 e. The van der Waals surface area contributed by atoms with Gasteiger partial charge >= 0.3 is 21.1 Å². The maximum Gasteiger partial charge on any atom is 2.00 e. The van der Waals surface area contributed by atoms with Crippen LogP contribution in [0, 0.1) is 49.9 Å². The maximum atomic E-state index is 12.9. The van der Waals surface area contributed by atoms with Crippen LogP contribution in [0.1, 0.15) is 224 Å². The molecule has 0 aromatic heterocycles. The number of ether oxygens (including phenoxy) is 2. The SMILES string of the molecule is C=CC(C)C.CC.CC(C)(C)C.CC(C)C/C=C/C(F)(F)C(C)C.CC(C)NS(=O)(=O)C1(C)CC1.CC(C)O[C@@H]1CCC[C@H]1OC(C)C.CCC(C)C.CCC(C)C.[B].[CH3-].[CH3-].[W+2]. The number of hydrogen-bond acceptors (Lipinski definition) is 4. The van der Waals surface area contributed by atoms with Gasteiger partial charge in [-0.1, -0.05) is 150 Å². The Morgan fingerprint density at radius 3 is 1.19 bits per heavy atom. The van der Waals surface area contributed by atoms with Crippen LogP contribution in [0.3, 0.4) is 0 Å². The summed E-state index contributed by atoms with van der Waals surface area (Å²) in [6.45, 7) is 54.7. The third kappa shape index (κ3) is 66.5. The fraction of sp³-hybridized carbons (Fsp3) is 0.885. The van der Waals surface area contributed by atoms with Crippen molar-refractivity contribution >= 4 is 18.4 Å². The number of sulfonamides is 1. The van der Waals surface area contributed by atoms with Crippen molar-refractivity contribution in [3.63, 3.8) is 0 Å². The summed E-state index contributed by atoms with van der Waals surface area (Å²) in [6, 6.07) is 0.0115. The first-order valence-corrected chi connectivity index (χ1v) is 24.6. The topological polar surface area (TPSA) is 64.6 Å². The summed E-state index contributed by atoms with van der Waals surface area (Å²) in [5.41, 5.74) is 0.500. The fourth-order valence-corrected chi connectivity index (χ4v) is 5.03. The standard InChI is InChI=1S/C11H22O2.C10H18F2.C7H15NO2S.3C5H12.C5H10.C2H6.2CH3.B.W/c1-8(2)12-10-6-5-7-11(10)13-9(3)4;1-8(2)6-5-7-10(11,12)9(3)4;1-6(2)8-11(9,10)7(3)4-5-7;1-5(2,3)4;3*1-4-5(2)3;1-2;;;;/h8-11H,5-7H2,1-4H3;5,7-9H,6H2,1-4H3;6,8H,4-5H2,1-3H3;1-4H3;2*5H,4H2,1-3H3;4-5H,1H2,2-3H3;1-2H3;2*1H3;;/q;;;;;;;;2*-1;;+2/b;7-5+;;;;;;;;;;/t10-,11-;;;;;;;;;;;/m1.........../s1. The molecule has 0 amide bonds. The van der Waals surface area contributed by atoms with Crippen LogP contribution in [0.25, 0.3) is 0 Å². The van der Waals surface area contributed by atoms with E-state index in [2.05, 4.69) is 122 Å². The van der Waals surface area contributed by atoms with Crippen molar-refractivity contribution < 1.29 is 47.7 Å². The van der Waals surface area contributed by atoms with Crippen molar-refractivity contribution in [2.75, 3.05) is 0 Å². The normalized spacial score (nSPS) is 16.0. The average molecular weight is 1080 g/mol. The Hall–Kier alpha value is -0.0768. The molecule has 0 aromatic rings. The first-order valence-electron chi connectivity index (χ1n) is 23.1. The molecule has 5 nitrogen and oxygen atoms in total. The van der Waals surface area contributed by atoms with Crippen molar-refractivity contribution in [3.8, 4) is 0 Å². The van der Waals surface area contributed by atoms with E-state index < -0.39 is 26.6 Å². The van der Waals surface area contributed by atoms with Gasteiger partial charge in [0.2, 0.25) is 10.0 Å². The molecule has 2 aliphatic carbocycles. The quantitative estimate of drug-likeness (QED) is 0.107. The van der Waals surface area contributed by atoms with Crippen LogP contribution < -0.4 is 4.72 Å².